The highest BCUT2D eigenvalue weighted by Crippen LogP contribution is 2.18. The van der Waals surface area contributed by atoms with Crippen molar-refractivity contribution in [1.29, 1.82) is 0 Å². The molecule has 1 aromatic carbocycles. The van der Waals surface area contributed by atoms with Crippen molar-refractivity contribution in [2.75, 3.05) is 27.7 Å². The fourth-order valence-electron chi connectivity index (χ4n) is 1.80. The molecule has 0 aliphatic carbocycles. The van der Waals surface area contributed by atoms with Crippen LogP contribution < -0.4 is 5.11 Å². The molecular weight excluding hydrogens is 298 g/mol. The molecule has 0 heterocycles. The minimum Gasteiger partial charge on any atom is -0.550 e. The van der Waals surface area contributed by atoms with E-state index in [-0.39, 0.29) is 30.1 Å². The van der Waals surface area contributed by atoms with Crippen LogP contribution in [0.25, 0.3) is 0 Å². The number of nitrogens with zero attached hydrogens (tertiary/aromatic N) is 1. The molecule has 1 atom stereocenters. The molecule has 0 saturated heterocycles. The Labute approximate surface area is 129 Å². The van der Waals surface area contributed by atoms with Crippen molar-refractivity contribution < 1.29 is 29.0 Å². The molecule has 7 heteroatoms. The number of halogens is 1. The second-order valence-electron chi connectivity index (χ2n) is 5.59. The summed E-state index contributed by atoms with van der Waals surface area (Å²) < 4.78 is 5.61. The number of quaternary nitrogens is 1. The molecule has 0 aliphatic rings. The minimum atomic E-state index is -1.28. The molecule has 1 N–H and O–H groups in total. The standard InChI is InChI=1S/C14H19NO5.ClH/c1-15(2,3)9-10(8-13(17)18)20-14(19)11-6-4-5-7-12(11)16;/h4-7,10H,8-9H2,1-3H3,(H-,16,17,18,19);1H. The molecule has 0 bridgehead atoms. The van der Waals surface area contributed by atoms with E-state index in [4.69, 9.17) is 4.74 Å². The zero-order valence-electron chi connectivity index (χ0n) is 12.2. The number of para-hydroxylation sites is 1. The van der Waals surface area contributed by atoms with E-state index in [1.54, 1.807) is 12.1 Å². The Morgan fingerprint density at radius 3 is 2.33 bits per heavy atom. The molecule has 1 unspecified atom stereocenters. The number of aromatic hydroxyl groups is 1. The first-order valence-corrected chi connectivity index (χ1v) is 6.18. The fourth-order valence-corrected chi connectivity index (χ4v) is 1.80. The van der Waals surface area contributed by atoms with E-state index in [0.717, 1.165) is 0 Å². The van der Waals surface area contributed by atoms with E-state index in [0.29, 0.717) is 11.0 Å². The summed E-state index contributed by atoms with van der Waals surface area (Å²) >= 11 is 0. The third-order valence-electron chi connectivity index (χ3n) is 2.54. The van der Waals surface area contributed by atoms with Crippen LogP contribution in [-0.2, 0) is 9.53 Å². The number of carbonyl (C=O) groups excluding carboxylic acids is 2. The maximum absolute atomic E-state index is 11.9. The predicted octanol–water partition coefficient (Wildman–Crippen LogP) is 0.186. The number of phenols is 1. The smallest absolute Gasteiger partial charge is 0.342 e. The summed E-state index contributed by atoms with van der Waals surface area (Å²) in [5.74, 6) is -2.23. The molecule has 0 fully saturated rings. The maximum Gasteiger partial charge on any atom is 0.342 e. The number of rotatable bonds is 6. The molecule has 0 spiro atoms. The average Bonchev–Trinajstić information content (AvgIpc) is 2.25. The molecule has 0 radical (unpaired) electrons. The van der Waals surface area contributed by atoms with Crippen LogP contribution in [0.3, 0.4) is 0 Å². The quantitative estimate of drug-likeness (QED) is 0.597. The van der Waals surface area contributed by atoms with Crippen molar-refractivity contribution in [3.63, 3.8) is 0 Å². The van der Waals surface area contributed by atoms with Gasteiger partial charge in [-0.3, -0.25) is 0 Å². The number of ether oxygens (including phenoxy) is 1. The van der Waals surface area contributed by atoms with Crippen LogP contribution in [0.5, 0.6) is 5.75 Å². The molecule has 1 rings (SSSR count). The van der Waals surface area contributed by atoms with Crippen LogP contribution in [-0.4, -0.2) is 55.3 Å². The van der Waals surface area contributed by atoms with Gasteiger partial charge in [-0.1, -0.05) is 12.1 Å². The van der Waals surface area contributed by atoms with Gasteiger partial charge in [0.15, 0.2) is 6.10 Å². The van der Waals surface area contributed by atoms with Crippen molar-refractivity contribution in [1.82, 2.24) is 0 Å². The highest BCUT2D eigenvalue weighted by atomic mass is 35.5. The zero-order chi connectivity index (χ0) is 15.3. The monoisotopic (exact) mass is 317 g/mol. The number of carbonyl (C=O) groups is 2. The molecule has 0 aromatic heterocycles. The molecule has 1 aromatic rings. The third kappa shape index (κ3) is 6.97. The number of carboxylic acids is 1. The predicted molar refractivity (Wildman–Crippen MR) is 77.1 cm³/mol. The molecular formula is C14H20ClNO5. The molecule has 0 aliphatic heterocycles. The number of hydrogen-bond donors (Lipinski definition) is 1. The Morgan fingerprint density at radius 2 is 1.86 bits per heavy atom. The highest BCUT2D eigenvalue weighted by Gasteiger charge is 2.24. The average molecular weight is 318 g/mol. The van der Waals surface area contributed by atoms with Crippen LogP contribution in [0.2, 0.25) is 0 Å². The second-order valence-corrected chi connectivity index (χ2v) is 5.59. The Hall–Kier alpha value is -1.79. The lowest BCUT2D eigenvalue weighted by Gasteiger charge is -2.29. The van der Waals surface area contributed by atoms with Gasteiger partial charge in [0, 0.05) is 12.4 Å². The van der Waals surface area contributed by atoms with Gasteiger partial charge in [0.2, 0.25) is 0 Å². The van der Waals surface area contributed by atoms with Gasteiger partial charge in [0.05, 0.1) is 21.1 Å². The number of hydrogen-bond acceptors (Lipinski definition) is 5. The van der Waals surface area contributed by atoms with E-state index < -0.39 is 18.0 Å². The maximum atomic E-state index is 11.9. The van der Waals surface area contributed by atoms with E-state index in [1.807, 2.05) is 21.1 Å². The molecule has 118 valence electrons. The number of likely N-dealkylation sites (N-methyl/N-ethyl adjacent to an activating group) is 1. The highest BCUT2D eigenvalue weighted by molar-refractivity contribution is 5.92. The number of phenolic OH excluding ortho intramolecular Hbond substituents is 1. The summed E-state index contributed by atoms with van der Waals surface area (Å²) in [5, 5.41) is 20.3. The van der Waals surface area contributed by atoms with Crippen LogP contribution in [0.1, 0.15) is 16.8 Å². The largest absolute Gasteiger partial charge is 0.550 e. The lowest BCUT2D eigenvalue weighted by atomic mass is 10.2. The van der Waals surface area contributed by atoms with Crippen molar-refractivity contribution >= 4 is 24.3 Å². The first kappa shape index (κ1) is 19.2. The summed E-state index contributed by atoms with van der Waals surface area (Å²) in [5.41, 5.74) is 0.0113. The van der Waals surface area contributed by atoms with Gasteiger partial charge in [-0.2, -0.15) is 0 Å². The summed E-state index contributed by atoms with van der Waals surface area (Å²) in [7, 11) is 5.57. The lowest BCUT2D eigenvalue weighted by Crippen LogP contribution is -2.45. The Balaban J connectivity index is 0.00000400. The van der Waals surface area contributed by atoms with Crippen molar-refractivity contribution in [2.24, 2.45) is 0 Å². The van der Waals surface area contributed by atoms with Crippen molar-refractivity contribution in [3.05, 3.63) is 29.8 Å². The van der Waals surface area contributed by atoms with Crippen molar-refractivity contribution in [2.45, 2.75) is 12.5 Å². The number of carboxylic acid groups (broad SMARTS) is 1. The summed E-state index contributed by atoms with van der Waals surface area (Å²) in [6, 6.07) is 5.95. The van der Waals surface area contributed by atoms with Crippen LogP contribution in [0.15, 0.2) is 24.3 Å². The fraction of sp³-hybridized carbons (Fsp3) is 0.429. The van der Waals surface area contributed by atoms with Gasteiger partial charge < -0.3 is 24.2 Å². The Kier molecular flexibility index (Phi) is 7.18. The molecule has 21 heavy (non-hydrogen) atoms. The van der Waals surface area contributed by atoms with E-state index >= 15 is 0 Å². The van der Waals surface area contributed by atoms with Gasteiger partial charge in [-0.05, 0) is 12.1 Å². The van der Waals surface area contributed by atoms with Gasteiger partial charge in [0.25, 0.3) is 0 Å². The van der Waals surface area contributed by atoms with Gasteiger partial charge in [0.1, 0.15) is 17.9 Å². The first-order chi connectivity index (χ1) is 9.19. The zero-order valence-corrected chi connectivity index (χ0v) is 13.1. The molecule has 0 amide bonds. The normalized spacial score (nSPS) is 12.1. The second kappa shape index (κ2) is 7.85. The van der Waals surface area contributed by atoms with Gasteiger partial charge in [-0.15, -0.1) is 12.4 Å². The third-order valence-corrected chi connectivity index (χ3v) is 2.54. The van der Waals surface area contributed by atoms with Crippen LogP contribution >= 0.6 is 12.4 Å². The van der Waals surface area contributed by atoms with Crippen LogP contribution in [0.4, 0.5) is 0 Å². The van der Waals surface area contributed by atoms with E-state index in [2.05, 4.69) is 0 Å². The Morgan fingerprint density at radius 1 is 1.29 bits per heavy atom. The van der Waals surface area contributed by atoms with Crippen LogP contribution in [0, 0.1) is 0 Å². The molecule has 0 saturated carbocycles. The van der Waals surface area contributed by atoms with Gasteiger partial charge in [-0.25, -0.2) is 4.79 Å². The minimum absolute atomic E-state index is 0. The number of benzene rings is 1. The van der Waals surface area contributed by atoms with E-state index in [9.17, 15) is 19.8 Å². The number of esters is 1. The summed E-state index contributed by atoms with van der Waals surface area (Å²) in [4.78, 5) is 22.7. The first-order valence-electron chi connectivity index (χ1n) is 6.18. The summed E-state index contributed by atoms with van der Waals surface area (Å²) in [6.07, 6.45) is -1.19. The Bertz CT molecular complexity index is 498. The topological polar surface area (TPSA) is 86.7 Å². The van der Waals surface area contributed by atoms with Crippen molar-refractivity contribution in [3.8, 4) is 5.75 Å². The SMILES string of the molecule is C[N+](C)(C)CC(CC(=O)[O-])OC(=O)c1ccccc1O.Cl. The van der Waals surface area contributed by atoms with Gasteiger partial charge >= 0.3 is 5.97 Å². The lowest BCUT2D eigenvalue weighted by molar-refractivity contribution is -0.873. The molecule has 6 nitrogen and oxygen atoms in total. The summed E-state index contributed by atoms with van der Waals surface area (Å²) in [6.45, 7) is 0.327. The van der Waals surface area contributed by atoms with E-state index in [1.165, 1.54) is 12.1 Å². The number of aliphatic carboxylic acids is 1.